The standard InChI is InChI=1S/C14H15F3O5S/c1-23(19,20)22-21-8-9-5-6-10(11-3-2-4-13(11)18)12(7-9)14(15,16)17/h5-7,11H,2-4,8H2,1H3. The first-order chi connectivity index (χ1) is 10.6. The number of hydrogen-bond donors (Lipinski definition) is 0. The fourth-order valence-corrected chi connectivity index (χ4v) is 2.79. The summed E-state index contributed by atoms with van der Waals surface area (Å²) in [5.74, 6) is -0.936. The molecule has 1 unspecified atom stereocenters. The van der Waals surface area contributed by atoms with Crippen LogP contribution in [-0.2, 0) is 36.9 Å². The van der Waals surface area contributed by atoms with Crippen LogP contribution in [0.5, 0.6) is 0 Å². The highest BCUT2D eigenvalue weighted by atomic mass is 32.2. The van der Waals surface area contributed by atoms with E-state index in [2.05, 4.69) is 9.22 Å². The van der Waals surface area contributed by atoms with Crippen LogP contribution in [0.15, 0.2) is 18.2 Å². The molecular weight excluding hydrogens is 337 g/mol. The number of ketones is 1. The normalized spacial score (nSPS) is 19.3. The van der Waals surface area contributed by atoms with E-state index in [1.807, 2.05) is 0 Å². The van der Waals surface area contributed by atoms with Crippen LogP contribution in [0.25, 0.3) is 0 Å². The Morgan fingerprint density at radius 3 is 2.52 bits per heavy atom. The monoisotopic (exact) mass is 352 g/mol. The van der Waals surface area contributed by atoms with Crippen LogP contribution in [0, 0.1) is 0 Å². The Kier molecular flexibility index (Phi) is 5.12. The fourth-order valence-electron chi connectivity index (χ4n) is 2.57. The van der Waals surface area contributed by atoms with Crippen molar-refractivity contribution >= 4 is 15.9 Å². The van der Waals surface area contributed by atoms with Gasteiger partial charge in [-0.1, -0.05) is 12.1 Å². The summed E-state index contributed by atoms with van der Waals surface area (Å²) in [5, 5.41) is 0. The molecule has 1 fully saturated rings. The average molecular weight is 352 g/mol. The molecule has 23 heavy (non-hydrogen) atoms. The molecule has 0 radical (unpaired) electrons. The summed E-state index contributed by atoms with van der Waals surface area (Å²) in [6.45, 7) is -0.463. The van der Waals surface area contributed by atoms with Crippen molar-refractivity contribution < 1.29 is 35.6 Å². The first-order valence-corrected chi connectivity index (χ1v) is 8.63. The van der Waals surface area contributed by atoms with Gasteiger partial charge in [-0.3, -0.25) is 4.79 Å². The lowest BCUT2D eigenvalue weighted by atomic mass is 9.90. The number of Topliss-reactive ketones (excluding diaryl/α,β-unsaturated/α-hetero) is 1. The third-order valence-corrected chi connectivity index (χ3v) is 3.84. The van der Waals surface area contributed by atoms with Gasteiger partial charge in [0.25, 0.3) is 10.1 Å². The van der Waals surface area contributed by atoms with Gasteiger partial charge in [0.05, 0.1) is 11.8 Å². The second-order valence-corrected chi connectivity index (χ2v) is 6.91. The van der Waals surface area contributed by atoms with Crippen molar-refractivity contribution in [3.8, 4) is 0 Å². The Bertz CT molecular complexity index is 697. The lowest BCUT2D eigenvalue weighted by molar-refractivity contribution is -0.211. The first-order valence-electron chi connectivity index (χ1n) is 6.82. The van der Waals surface area contributed by atoms with Crippen LogP contribution in [-0.4, -0.2) is 20.5 Å². The SMILES string of the molecule is CS(=O)(=O)OOCc1ccc(C2CCCC2=O)c(C(F)(F)F)c1. The Balaban J connectivity index is 2.26. The molecule has 0 heterocycles. The number of carbonyl (C=O) groups is 1. The predicted molar refractivity (Wildman–Crippen MR) is 73.8 cm³/mol. The number of benzene rings is 1. The molecule has 2 rings (SSSR count). The first kappa shape index (κ1) is 17.9. The van der Waals surface area contributed by atoms with Gasteiger partial charge in [-0.25, -0.2) is 4.89 Å². The molecule has 0 aliphatic heterocycles. The lowest BCUT2D eigenvalue weighted by Crippen LogP contribution is -2.15. The van der Waals surface area contributed by atoms with Crippen LogP contribution in [0.2, 0.25) is 0 Å². The number of rotatable bonds is 5. The molecule has 1 aliphatic carbocycles. The van der Waals surface area contributed by atoms with Gasteiger partial charge in [-0.2, -0.15) is 21.6 Å². The van der Waals surface area contributed by atoms with Gasteiger partial charge in [0.2, 0.25) is 0 Å². The summed E-state index contributed by atoms with van der Waals surface area (Å²) in [6, 6.07) is 3.46. The van der Waals surface area contributed by atoms with Crippen molar-refractivity contribution in [2.24, 2.45) is 0 Å². The van der Waals surface area contributed by atoms with E-state index >= 15 is 0 Å². The Morgan fingerprint density at radius 2 is 2.00 bits per heavy atom. The largest absolute Gasteiger partial charge is 0.416 e. The fraction of sp³-hybridized carbons (Fsp3) is 0.500. The molecule has 1 aromatic carbocycles. The quantitative estimate of drug-likeness (QED) is 0.602. The third-order valence-electron chi connectivity index (χ3n) is 3.50. The summed E-state index contributed by atoms with van der Waals surface area (Å²) < 4.78 is 65.3. The Morgan fingerprint density at radius 1 is 1.30 bits per heavy atom. The zero-order valence-corrected chi connectivity index (χ0v) is 13.0. The van der Waals surface area contributed by atoms with E-state index < -0.39 is 34.4 Å². The van der Waals surface area contributed by atoms with Crippen molar-refractivity contribution in [1.82, 2.24) is 0 Å². The van der Waals surface area contributed by atoms with Crippen molar-refractivity contribution in [1.29, 1.82) is 0 Å². The van der Waals surface area contributed by atoms with Gasteiger partial charge in [0, 0.05) is 12.3 Å². The van der Waals surface area contributed by atoms with Crippen molar-refractivity contribution in [2.75, 3.05) is 6.26 Å². The average Bonchev–Trinajstić information content (AvgIpc) is 2.82. The third kappa shape index (κ3) is 4.76. The molecule has 5 nitrogen and oxygen atoms in total. The molecule has 1 atom stereocenters. The van der Waals surface area contributed by atoms with Gasteiger partial charge >= 0.3 is 6.18 Å². The number of alkyl halides is 3. The minimum absolute atomic E-state index is 0.0484. The zero-order valence-electron chi connectivity index (χ0n) is 12.2. The highest BCUT2D eigenvalue weighted by Gasteiger charge is 2.38. The molecule has 0 N–H and O–H groups in total. The van der Waals surface area contributed by atoms with E-state index in [1.54, 1.807) is 0 Å². The van der Waals surface area contributed by atoms with Gasteiger partial charge < -0.3 is 0 Å². The minimum atomic E-state index is -4.62. The molecular formula is C14H15F3O5S. The number of hydrogen-bond acceptors (Lipinski definition) is 5. The molecule has 1 aliphatic rings. The molecule has 1 aromatic rings. The van der Waals surface area contributed by atoms with E-state index in [4.69, 9.17) is 0 Å². The topological polar surface area (TPSA) is 69.7 Å². The maximum atomic E-state index is 13.2. The van der Waals surface area contributed by atoms with Gasteiger partial charge in [0.1, 0.15) is 12.4 Å². The molecule has 0 spiro atoms. The molecule has 128 valence electrons. The Labute approximate surface area is 131 Å². The van der Waals surface area contributed by atoms with Crippen LogP contribution < -0.4 is 0 Å². The maximum absolute atomic E-state index is 13.2. The highest BCUT2D eigenvalue weighted by Crippen LogP contribution is 2.40. The van der Waals surface area contributed by atoms with E-state index in [0.29, 0.717) is 12.8 Å². The van der Waals surface area contributed by atoms with Crippen LogP contribution in [0.1, 0.15) is 41.9 Å². The van der Waals surface area contributed by atoms with Crippen molar-refractivity contribution in [2.45, 2.75) is 38.0 Å². The molecule has 0 amide bonds. The second-order valence-electron chi connectivity index (χ2n) is 5.36. The van der Waals surface area contributed by atoms with E-state index in [9.17, 15) is 26.4 Å². The summed E-state index contributed by atoms with van der Waals surface area (Å²) >= 11 is 0. The van der Waals surface area contributed by atoms with Crippen LogP contribution in [0.3, 0.4) is 0 Å². The molecule has 9 heteroatoms. The highest BCUT2D eigenvalue weighted by molar-refractivity contribution is 7.85. The van der Waals surface area contributed by atoms with E-state index in [-0.39, 0.29) is 23.3 Å². The van der Waals surface area contributed by atoms with Gasteiger partial charge in [-0.05, 0) is 30.0 Å². The van der Waals surface area contributed by atoms with Crippen molar-refractivity contribution in [3.63, 3.8) is 0 Å². The minimum Gasteiger partial charge on any atom is -0.299 e. The molecule has 1 saturated carbocycles. The van der Waals surface area contributed by atoms with Gasteiger partial charge in [-0.15, -0.1) is 4.33 Å². The lowest BCUT2D eigenvalue weighted by Gasteiger charge is -2.18. The molecule has 0 aromatic heterocycles. The predicted octanol–water partition coefficient (Wildman–Crippen LogP) is 2.95. The summed E-state index contributed by atoms with van der Waals surface area (Å²) in [6.07, 6.45) is -2.60. The summed E-state index contributed by atoms with van der Waals surface area (Å²) in [4.78, 5) is 16.2. The summed E-state index contributed by atoms with van der Waals surface area (Å²) in [5.41, 5.74) is -0.860. The second kappa shape index (κ2) is 6.58. The van der Waals surface area contributed by atoms with Gasteiger partial charge in [0.15, 0.2) is 0 Å². The molecule has 0 bridgehead atoms. The van der Waals surface area contributed by atoms with Crippen LogP contribution in [0.4, 0.5) is 13.2 Å². The zero-order chi connectivity index (χ0) is 17.3. The van der Waals surface area contributed by atoms with E-state index in [1.165, 1.54) is 12.1 Å². The molecule has 0 saturated heterocycles. The maximum Gasteiger partial charge on any atom is 0.416 e. The smallest absolute Gasteiger partial charge is 0.299 e. The van der Waals surface area contributed by atoms with Crippen LogP contribution >= 0.6 is 0 Å². The summed E-state index contributed by atoms with van der Waals surface area (Å²) in [7, 11) is -3.85. The number of carbonyl (C=O) groups excluding carboxylic acids is 1. The number of halogens is 3. The van der Waals surface area contributed by atoms with E-state index in [0.717, 1.165) is 12.3 Å². The van der Waals surface area contributed by atoms with Crippen molar-refractivity contribution in [3.05, 3.63) is 34.9 Å². The Hall–Kier alpha value is -1.45.